The standard InChI is InChI=1S/C37H50ClN3.2ClH.Co/c1-7-11-17-29-21-15-22-30(18-12-8-2)36(29)39-27(5)34-25-33(38)26-35(41-34)28(6)40-37-31(19-13-9-3)23-16-24-32(37)20-14-10-4;;;/h15-16,21-26H,7-14,17-20H2,1-6H3;2*1H;/q;;;+2/p-2. The van der Waals surface area contributed by atoms with E-state index in [1.54, 1.807) is 0 Å². The van der Waals surface area contributed by atoms with Gasteiger partial charge in [-0.15, -0.1) is 0 Å². The summed E-state index contributed by atoms with van der Waals surface area (Å²) in [4.78, 5) is 15.5. The maximum atomic E-state index is 6.69. The van der Waals surface area contributed by atoms with Crippen molar-refractivity contribution in [3.05, 3.63) is 87.2 Å². The van der Waals surface area contributed by atoms with Gasteiger partial charge in [0.1, 0.15) is 0 Å². The number of pyridine rings is 1. The van der Waals surface area contributed by atoms with Gasteiger partial charge in [0.15, 0.2) is 0 Å². The number of rotatable bonds is 16. The summed E-state index contributed by atoms with van der Waals surface area (Å²) >= 11 is 6.69. The molecule has 3 nitrogen and oxygen atoms in total. The SMILES string of the molecule is CCCCc1cccc(CCCC)c1N=C(C)c1cc(Cl)cc(C(C)=Nc2c(CCCC)cccc2CCCC)n1.[Cl-].[Cl-].[Co+2]. The van der Waals surface area contributed by atoms with E-state index in [0.29, 0.717) is 5.02 Å². The second kappa shape index (κ2) is 22.8. The van der Waals surface area contributed by atoms with Crippen molar-refractivity contribution < 1.29 is 41.6 Å². The van der Waals surface area contributed by atoms with Crippen molar-refractivity contribution in [2.75, 3.05) is 0 Å². The zero-order valence-corrected chi connectivity index (χ0v) is 30.7. The Hall–Kier alpha value is -1.69. The second-order valence-corrected chi connectivity index (χ2v) is 11.7. The third-order valence-corrected chi connectivity index (χ3v) is 7.91. The second-order valence-electron chi connectivity index (χ2n) is 11.2. The van der Waals surface area contributed by atoms with E-state index in [2.05, 4.69) is 77.9 Å². The van der Waals surface area contributed by atoms with Gasteiger partial charge in [-0.05, 0) is 99.6 Å². The monoisotopic (exact) mass is 700 g/mol. The number of hydrogen-bond acceptors (Lipinski definition) is 3. The Balaban J connectivity index is 0.00000616. The molecule has 1 aromatic heterocycles. The molecule has 1 radical (unpaired) electrons. The minimum Gasteiger partial charge on any atom is -1.00 e. The van der Waals surface area contributed by atoms with Crippen LogP contribution in [-0.4, -0.2) is 16.4 Å². The molecule has 0 amide bonds. The molecule has 7 heteroatoms. The van der Waals surface area contributed by atoms with Gasteiger partial charge in [0.25, 0.3) is 0 Å². The number of para-hydroxylation sites is 2. The molecule has 0 aliphatic carbocycles. The van der Waals surface area contributed by atoms with Crippen molar-refractivity contribution in [2.24, 2.45) is 9.98 Å². The Labute approximate surface area is 295 Å². The van der Waals surface area contributed by atoms with Crippen LogP contribution in [0.4, 0.5) is 11.4 Å². The minimum atomic E-state index is 0. The van der Waals surface area contributed by atoms with Gasteiger partial charge in [0.2, 0.25) is 0 Å². The van der Waals surface area contributed by atoms with Gasteiger partial charge in [0, 0.05) is 5.02 Å². The van der Waals surface area contributed by atoms with Crippen molar-refractivity contribution in [1.29, 1.82) is 0 Å². The number of aliphatic imine (C=N–C) groups is 2. The summed E-state index contributed by atoms with van der Waals surface area (Å²) in [6.07, 6.45) is 13.5. The Kier molecular flexibility index (Phi) is 21.9. The molecule has 243 valence electrons. The molecule has 44 heavy (non-hydrogen) atoms. The van der Waals surface area contributed by atoms with E-state index in [-0.39, 0.29) is 41.6 Å². The maximum absolute atomic E-state index is 6.69. The topological polar surface area (TPSA) is 37.6 Å². The molecule has 0 N–H and O–H groups in total. The average Bonchev–Trinajstić information content (AvgIpc) is 2.98. The van der Waals surface area contributed by atoms with Gasteiger partial charge >= 0.3 is 16.8 Å². The third-order valence-electron chi connectivity index (χ3n) is 7.70. The molecule has 0 unspecified atom stereocenters. The molecule has 0 bridgehead atoms. The van der Waals surface area contributed by atoms with Gasteiger partial charge in [-0.25, -0.2) is 4.98 Å². The van der Waals surface area contributed by atoms with Crippen molar-refractivity contribution in [3.8, 4) is 0 Å². The summed E-state index contributed by atoms with van der Waals surface area (Å²) in [5.74, 6) is 0. The molecule has 3 aromatic rings. The number of aromatic nitrogens is 1. The van der Waals surface area contributed by atoms with E-state index in [4.69, 9.17) is 26.6 Å². The molecule has 0 saturated heterocycles. The molecule has 0 saturated carbocycles. The Morgan fingerprint density at radius 1 is 0.591 bits per heavy atom. The van der Waals surface area contributed by atoms with Crippen molar-refractivity contribution in [1.82, 2.24) is 4.98 Å². The first kappa shape index (κ1) is 42.3. The van der Waals surface area contributed by atoms with E-state index in [0.717, 1.165) is 85.6 Å². The van der Waals surface area contributed by atoms with E-state index >= 15 is 0 Å². The van der Waals surface area contributed by atoms with Crippen LogP contribution in [0, 0.1) is 0 Å². The molecule has 0 atom stereocenters. The third kappa shape index (κ3) is 12.6. The van der Waals surface area contributed by atoms with Gasteiger partial charge in [-0.2, -0.15) is 0 Å². The fourth-order valence-corrected chi connectivity index (χ4v) is 5.38. The molecule has 2 aromatic carbocycles. The predicted octanol–water partition coefficient (Wildman–Crippen LogP) is 5.39. The van der Waals surface area contributed by atoms with E-state index < -0.39 is 0 Å². The van der Waals surface area contributed by atoms with Crippen LogP contribution < -0.4 is 24.8 Å². The van der Waals surface area contributed by atoms with Crippen LogP contribution in [0.2, 0.25) is 5.02 Å². The summed E-state index contributed by atoms with van der Waals surface area (Å²) in [5.41, 5.74) is 10.9. The normalized spacial score (nSPS) is 11.4. The first-order valence-corrected chi connectivity index (χ1v) is 16.3. The number of nitrogens with zero attached hydrogens (tertiary/aromatic N) is 3. The van der Waals surface area contributed by atoms with Crippen LogP contribution in [0.5, 0.6) is 0 Å². The fraction of sp³-hybridized carbons (Fsp3) is 0.486. The summed E-state index contributed by atoms with van der Waals surface area (Å²) in [7, 11) is 0. The van der Waals surface area contributed by atoms with Crippen LogP contribution in [0.3, 0.4) is 0 Å². The molecule has 1 heterocycles. The molecule has 0 fully saturated rings. The van der Waals surface area contributed by atoms with Gasteiger partial charge in [0.05, 0.1) is 34.2 Å². The number of benzene rings is 2. The predicted molar refractivity (Wildman–Crippen MR) is 180 cm³/mol. The number of aryl methyl sites for hydroxylation is 4. The maximum Gasteiger partial charge on any atom is 2.00 e. The van der Waals surface area contributed by atoms with Crippen molar-refractivity contribution in [2.45, 2.75) is 119 Å². The zero-order chi connectivity index (χ0) is 29.6. The smallest absolute Gasteiger partial charge is 1.00 e. The Bertz CT molecular complexity index is 1190. The van der Waals surface area contributed by atoms with Crippen LogP contribution in [0.15, 0.2) is 58.5 Å². The Morgan fingerprint density at radius 2 is 0.886 bits per heavy atom. The largest absolute Gasteiger partial charge is 2.00 e. The van der Waals surface area contributed by atoms with Crippen LogP contribution in [-0.2, 0) is 42.5 Å². The summed E-state index contributed by atoms with van der Waals surface area (Å²) in [6.45, 7) is 13.1. The average molecular weight is 702 g/mol. The number of hydrogen-bond donors (Lipinski definition) is 0. The van der Waals surface area contributed by atoms with Crippen LogP contribution in [0.25, 0.3) is 0 Å². The summed E-state index contributed by atoms with van der Waals surface area (Å²) in [6, 6.07) is 17.2. The van der Waals surface area contributed by atoms with Crippen LogP contribution >= 0.6 is 11.6 Å². The van der Waals surface area contributed by atoms with E-state index in [1.807, 2.05) is 12.1 Å². The molecular formula is C37H50Cl3CoN3. The number of unbranched alkanes of at least 4 members (excludes halogenated alkanes) is 4. The first-order chi connectivity index (χ1) is 19.9. The molecule has 0 spiro atoms. The van der Waals surface area contributed by atoms with Gasteiger partial charge in [-0.3, -0.25) is 9.98 Å². The summed E-state index contributed by atoms with van der Waals surface area (Å²) in [5, 5.41) is 0.657. The summed E-state index contributed by atoms with van der Waals surface area (Å²) < 4.78 is 0. The molecular weight excluding hydrogens is 652 g/mol. The first-order valence-electron chi connectivity index (χ1n) is 15.9. The van der Waals surface area contributed by atoms with E-state index in [1.165, 1.54) is 47.9 Å². The Morgan fingerprint density at radius 3 is 1.16 bits per heavy atom. The molecule has 0 aliphatic heterocycles. The van der Waals surface area contributed by atoms with Crippen molar-refractivity contribution in [3.63, 3.8) is 0 Å². The van der Waals surface area contributed by atoms with Crippen LogP contribution in [0.1, 0.15) is 127 Å². The molecule has 0 aliphatic rings. The van der Waals surface area contributed by atoms with E-state index in [9.17, 15) is 0 Å². The molecule has 3 rings (SSSR count). The zero-order valence-electron chi connectivity index (χ0n) is 27.4. The number of halogens is 3. The van der Waals surface area contributed by atoms with Gasteiger partial charge < -0.3 is 24.8 Å². The van der Waals surface area contributed by atoms with Crippen molar-refractivity contribution >= 4 is 34.4 Å². The fourth-order valence-electron chi connectivity index (χ4n) is 5.17. The van der Waals surface area contributed by atoms with Gasteiger partial charge in [-0.1, -0.05) is 101 Å². The minimum absolute atomic E-state index is 0. The quantitative estimate of drug-likeness (QED) is 0.185.